The van der Waals surface area contributed by atoms with Crippen molar-refractivity contribution < 1.29 is 23.8 Å². The standard InChI is InChI=1S/C23H42O5/c1-3-5-7-8-9-10-13-17-27-22(24)20-14-11-12-15-21(20)23(25)28-19-18-26-16-6-4-2/h20-21H,3-19H2,1-2H3. The predicted molar refractivity (Wildman–Crippen MR) is 111 cm³/mol. The Kier molecular flexibility index (Phi) is 15.0. The first-order chi connectivity index (χ1) is 13.7. The SMILES string of the molecule is CCCCCCCCCOC(=O)C1CCCCC1C(=O)OCCOCCCC. The third kappa shape index (κ3) is 11.0. The van der Waals surface area contributed by atoms with Crippen molar-refractivity contribution in [1.29, 1.82) is 0 Å². The Morgan fingerprint density at radius 1 is 0.643 bits per heavy atom. The van der Waals surface area contributed by atoms with Gasteiger partial charge in [-0.1, -0.05) is 71.6 Å². The summed E-state index contributed by atoms with van der Waals surface area (Å²) in [7, 11) is 0. The van der Waals surface area contributed by atoms with Gasteiger partial charge in [0.15, 0.2) is 0 Å². The van der Waals surface area contributed by atoms with Gasteiger partial charge in [-0.2, -0.15) is 0 Å². The van der Waals surface area contributed by atoms with Crippen molar-refractivity contribution in [2.75, 3.05) is 26.4 Å². The molecule has 1 rings (SSSR count). The van der Waals surface area contributed by atoms with Crippen molar-refractivity contribution in [2.24, 2.45) is 11.8 Å². The van der Waals surface area contributed by atoms with Gasteiger partial charge >= 0.3 is 11.9 Å². The van der Waals surface area contributed by atoms with Gasteiger partial charge in [0.25, 0.3) is 0 Å². The molecular formula is C23H42O5. The maximum absolute atomic E-state index is 12.5. The highest BCUT2D eigenvalue weighted by Crippen LogP contribution is 2.32. The van der Waals surface area contributed by atoms with Crippen molar-refractivity contribution in [2.45, 2.75) is 97.3 Å². The van der Waals surface area contributed by atoms with Crippen molar-refractivity contribution in [3.05, 3.63) is 0 Å². The minimum absolute atomic E-state index is 0.216. The molecule has 0 radical (unpaired) electrons. The van der Waals surface area contributed by atoms with Gasteiger partial charge in [0, 0.05) is 6.61 Å². The second kappa shape index (κ2) is 16.8. The average molecular weight is 399 g/mol. The normalized spacial score (nSPS) is 19.4. The van der Waals surface area contributed by atoms with Crippen LogP contribution in [0.2, 0.25) is 0 Å². The molecule has 0 amide bonds. The summed E-state index contributed by atoms with van der Waals surface area (Å²) < 4.78 is 16.3. The highest BCUT2D eigenvalue weighted by molar-refractivity contribution is 5.82. The molecule has 1 saturated carbocycles. The summed E-state index contributed by atoms with van der Waals surface area (Å²) in [6.07, 6.45) is 13.8. The maximum atomic E-state index is 12.5. The van der Waals surface area contributed by atoms with E-state index in [4.69, 9.17) is 14.2 Å². The van der Waals surface area contributed by atoms with Gasteiger partial charge in [-0.15, -0.1) is 0 Å². The van der Waals surface area contributed by atoms with Crippen LogP contribution in [0.15, 0.2) is 0 Å². The monoisotopic (exact) mass is 398 g/mol. The van der Waals surface area contributed by atoms with E-state index in [2.05, 4.69) is 13.8 Å². The van der Waals surface area contributed by atoms with Crippen LogP contribution in [0.5, 0.6) is 0 Å². The van der Waals surface area contributed by atoms with Crippen LogP contribution in [0.25, 0.3) is 0 Å². The third-order valence-corrected chi connectivity index (χ3v) is 5.48. The molecule has 0 heterocycles. The lowest BCUT2D eigenvalue weighted by atomic mass is 9.79. The number of carbonyl (C=O) groups excluding carboxylic acids is 2. The summed E-state index contributed by atoms with van der Waals surface area (Å²) in [5.41, 5.74) is 0. The number of carbonyl (C=O) groups is 2. The van der Waals surface area contributed by atoms with Gasteiger partial charge in [0.1, 0.15) is 6.61 Å². The van der Waals surface area contributed by atoms with Crippen molar-refractivity contribution >= 4 is 11.9 Å². The molecule has 0 spiro atoms. The van der Waals surface area contributed by atoms with Gasteiger partial charge in [-0.05, 0) is 25.7 Å². The lowest BCUT2D eigenvalue weighted by molar-refractivity contribution is -0.163. The van der Waals surface area contributed by atoms with Gasteiger partial charge in [-0.3, -0.25) is 9.59 Å². The molecule has 2 atom stereocenters. The molecular weight excluding hydrogens is 356 g/mol. The number of unbranched alkanes of at least 4 members (excludes halogenated alkanes) is 7. The fourth-order valence-corrected chi connectivity index (χ4v) is 3.69. The molecule has 164 valence electrons. The van der Waals surface area contributed by atoms with Gasteiger partial charge in [-0.25, -0.2) is 0 Å². The Bertz CT molecular complexity index is 410. The second-order valence-electron chi connectivity index (χ2n) is 7.92. The topological polar surface area (TPSA) is 61.8 Å². The summed E-state index contributed by atoms with van der Waals surface area (Å²) >= 11 is 0. The molecule has 5 heteroatoms. The molecule has 0 aromatic carbocycles. The third-order valence-electron chi connectivity index (χ3n) is 5.48. The van der Waals surface area contributed by atoms with Gasteiger partial charge < -0.3 is 14.2 Å². The first kappa shape index (κ1) is 24.9. The summed E-state index contributed by atoms with van der Waals surface area (Å²) in [5.74, 6) is -1.18. The number of esters is 2. The molecule has 0 aliphatic heterocycles. The van der Waals surface area contributed by atoms with Crippen LogP contribution in [-0.4, -0.2) is 38.4 Å². The molecule has 0 aromatic rings. The minimum atomic E-state index is -0.356. The average Bonchev–Trinajstić information content (AvgIpc) is 2.72. The molecule has 1 aliphatic rings. The quantitative estimate of drug-likeness (QED) is 0.256. The van der Waals surface area contributed by atoms with E-state index in [-0.39, 0.29) is 30.4 Å². The van der Waals surface area contributed by atoms with E-state index in [1.54, 1.807) is 0 Å². The first-order valence-electron chi connectivity index (χ1n) is 11.6. The Labute approximate surface area is 171 Å². The number of hydrogen-bond acceptors (Lipinski definition) is 5. The van der Waals surface area contributed by atoms with E-state index < -0.39 is 0 Å². The predicted octanol–water partition coefficient (Wildman–Crippen LogP) is 5.45. The Morgan fingerprint density at radius 2 is 1.18 bits per heavy atom. The van der Waals surface area contributed by atoms with Gasteiger partial charge in [0.05, 0.1) is 25.0 Å². The molecule has 2 unspecified atom stereocenters. The van der Waals surface area contributed by atoms with Crippen LogP contribution in [0, 0.1) is 11.8 Å². The number of hydrogen-bond donors (Lipinski definition) is 0. The molecule has 5 nitrogen and oxygen atoms in total. The van der Waals surface area contributed by atoms with E-state index >= 15 is 0 Å². The van der Waals surface area contributed by atoms with Crippen LogP contribution in [-0.2, 0) is 23.8 Å². The lowest BCUT2D eigenvalue weighted by Crippen LogP contribution is -2.35. The zero-order valence-electron chi connectivity index (χ0n) is 18.2. The van der Waals surface area contributed by atoms with Crippen molar-refractivity contribution in [1.82, 2.24) is 0 Å². The van der Waals surface area contributed by atoms with E-state index in [1.165, 1.54) is 32.1 Å². The van der Waals surface area contributed by atoms with E-state index in [0.717, 1.165) is 44.9 Å². The molecule has 0 saturated heterocycles. The minimum Gasteiger partial charge on any atom is -0.465 e. The lowest BCUT2D eigenvalue weighted by Gasteiger charge is -2.28. The Balaban J connectivity index is 2.22. The Hall–Kier alpha value is -1.10. The first-order valence-corrected chi connectivity index (χ1v) is 11.6. The summed E-state index contributed by atoms with van der Waals surface area (Å²) in [6, 6.07) is 0. The van der Waals surface area contributed by atoms with E-state index in [9.17, 15) is 9.59 Å². The van der Waals surface area contributed by atoms with Crippen molar-refractivity contribution in [3.63, 3.8) is 0 Å². The molecule has 0 aromatic heterocycles. The summed E-state index contributed by atoms with van der Waals surface area (Å²) in [5, 5.41) is 0. The molecule has 0 bridgehead atoms. The maximum Gasteiger partial charge on any atom is 0.309 e. The zero-order chi connectivity index (χ0) is 20.5. The highest BCUT2D eigenvalue weighted by atomic mass is 16.6. The summed E-state index contributed by atoms with van der Waals surface area (Å²) in [6.45, 7) is 6.18. The summed E-state index contributed by atoms with van der Waals surface area (Å²) in [4.78, 5) is 24.9. The molecule has 0 N–H and O–H groups in total. The van der Waals surface area contributed by atoms with Crippen LogP contribution in [0.3, 0.4) is 0 Å². The molecule has 1 aliphatic carbocycles. The fraction of sp³-hybridized carbons (Fsp3) is 0.913. The smallest absolute Gasteiger partial charge is 0.309 e. The van der Waals surface area contributed by atoms with E-state index in [0.29, 0.717) is 26.2 Å². The van der Waals surface area contributed by atoms with Crippen LogP contribution < -0.4 is 0 Å². The zero-order valence-corrected chi connectivity index (χ0v) is 18.2. The van der Waals surface area contributed by atoms with Crippen LogP contribution in [0.4, 0.5) is 0 Å². The van der Waals surface area contributed by atoms with Gasteiger partial charge in [0.2, 0.25) is 0 Å². The number of ether oxygens (including phenoxy) is 3. The Morgan fingerprint density at radius 3 is 1.79 bits per heavy atom. The number of rotatable bonds is 16. The largest absolute Gasteiger partial charge is 0.465 e. The van der Waals surface area contributed by atoms with Crippen molar-refractivity contribution in [3.8, 4) is 0 Å². The van der Waals surface area contributed by atoms with Crippen LogP contribution in [0.1, 0.15) is 97.3 Å². The fourth-order valence-electron chi connectivity index (χ4n) is 3.69. The van der Waals surface area contributed by atoms with E-state index in [1.807, 2.05) is 0 Å². The molecule has 1 fully saturated rings. The van der Waals surface area contributed by atoms with Crippen LogP contribution >= 0.6 is 0 Å². The molecule has 28 heavy (non-hydrogen) atoms. The second-order valence-corrected chi connectivity index (χ2v) is 7.92. The highest BCUT2D eigenvalue weighted by Gasteiger charge is 2.37.